The average molecular weight is 302 g/mol. The normalized spacial score (nSPS) is 18.9. The largest absolute Gasteiger partial charge is 0.333 e. The standard InChI is InChI=1S/C17H26N4O/c1-20(2)11-12-21(14-5-3-4-6-14)17(22)15-9-10-18-16(19-15)13-7-8-13/h9-10,13-14H,3-8,11-12H2,1-2H3. The van der Waals surface area contributed by atoms with Crippen molar-refractivity contribution in [2.75, 3.05) is 27.2 Å². The van der Waals surface area contributed by atoms with Crippen LogP contribution in [0.15, 0.2) is 12.3 Å². The molecule has 1 aromatic rings. The first-order valence-electron chi connectivity index (χ1n) is 8.44. The lowest BCUT2D eigenvalue weighted by Gasteiger charge is -2.30. The molecule has 3 rings (SSSR count). The summed E-state index contributed by atoms with van der Waals surface area (Å²) in [6.07, 6.45) is 8.77. The van der Waals surface area contributed by atoms with Gasteiger partial charge in [-0.3, -0.25) is 4.79 Å². The maximum atomic E-state index is 13.0. The van der Waals surface area contributed by atoms with Gasteiger partial charge in [0.05, 0.1) is 0 Å². The average Bonchev–Trinajstić information content (AvgIpc) is 3.24. The van der Waals surface area contributed by atoms with Crippen LogP contribution in [0.1, 0.15) is 60.8 Å². The number of aromatic nitrogens is 2. The Labute approximate surface area is 132 Å². The van der Waals surface area contributed by atoms with Gasteiger partial charge in [-0.1, -0.05) is 12.8 Å². The van der Waals surface area contributed by atoms with Crippen molar-refractivity contribution in [3.8, 4) is 0 Å². The first-order chi connectivity index (χ1) is 10.6. The number of rotatable bonds is 6. The monoisotopic (exact) mass is 302 g/mol. The molecule has 0 spiro atoms. The van der Waals surface area contributed by atoms with Crippen molar-refractivity contribution in [1.29, 1.82) is 0 Å². The van der Waals surface area contributed by atoms with Gasteiger partial charge in [0.1, 0.15) is 11.5 Å². The summed E-state index contributed by atoms with van der Waals surface area (Å²) in [5.41, 5.74) is 0.572. The van der Waals surface area contributed by atoms with E-state index in [1.807, 2.05) is 19.0 Å². The van der Waals surface area contributed by atoms with Gasteiger partial charge in [0.2, 0.25) is 0 Å². The van der Waals surface area contributed by atoms with Crippen LogP contribution >= 0.6 is 0 Å². The summed E-state index contributed by atoms with van der Waals surface area (Å²) in [4.78, 5) is 26.0. The molecule has 0 bridgehead atoms. The summed E-state index contributed by atoms with van der Waals surface area (Å²) in [5, 5.41) is 0. The van der Waals surface area contributed by atoms with Crippen molar-refractivity contribution in [3.63, 3.8) is 0 Å². The van der Waals surface area contributed by atoms with E-state index in [1.54, 1.807) is 12.3 Å². The molecule has 0 N–H and O–H groups in total. The molecule has 5 heteroatoms. The third-order valence-corrected chi connectivity index (χ3v) is 4.65. The second-order valence-electron chi connectivity index (χ2n) is 6.81. The number of amides is 1. The number of carbonyl (C=O) groups is 1. The van der Waals surface area contributed by atoms with E-state index in [9.17, 15) is 4.79 Å². The number of carbonyl (C=O) groups excluding carboxylic acids is 1. The number of hydrogen-bond donors (Lipinski definition) is 0. The van der Waals surface area contributed by atoms with Crippen LogP contribution in [0.4, 0.5) is 0 Å². The van der Waals surface area contributed by atoms with E-state index >= 15 is 0 Å². The quantitative estimate of drug-likeness (QED) is 0.809. The molecule has 2 fully saturated rings. The molecule has 22 heavy (non-hydrogen) atoms. The van der Waals surface area contributed by atoms with Crippen LogP contribution in [0.25, 0.3) is 0 Å². The molecule has 2 aliphatic rings. The fourth-order valence-electron chi connectivity index (χ4n) is 3.15. The van der Waals surface area contributed by atoms with E-state index in [2.05, 4.69) is 14.9 Å². The number of nitrogens with zero attached hydrogens (tertiary/aromatic N) is 4. The summed E-state index contributed by atoms with van der Waals surface area (Å²) < 4.78 is 0. The molecule has 1 amide bonds. The van der Waals surface area contributed by atoms with Crippen molar-refractivity contribution in [3.05, 3.63) is 23.8 Å². The van der Waals surface area contributed by atoms with Crippen molar-refractivity contribution in [2.45, 2.75) is 50.5 Å². The zero-order valence-corrected chi connectivity index (χ0v) is 13.7. The molecule has 0 aliphatic heterocycles. The first-order valence-corrected chi connectivity index (χ1v) is 8.44. The van der Waals surface area contributed by atoms with Crippen LogP contribution in [-0.4, -0.2) is 58.9 Å². The Hall–Kier alpha value is -1.49. The summed E-state index contributed by atoms with van der Waals surface area (Å²) in [5.74, 6) is 1.41. The lowest BCUT2D eigenvalue weighted by atomic mass is 10.2. The maximum Gasteiger partial charge on any atom is 0.272 e. The fraction of sp³-hybridized carbons (Fsp3) is 0.706. The second kappa shape index (κ2) is 6.73. The Morgan fingerprint density at radius 3 is 2.55 bits per heavy atom. The topological polar surface area (TPSA) is 49.3 Å². The highest BCUT2D eigenvalue weighted by Crippen LogP contribution is 2.37. The minimum absolute atomic E-state index is 0.0815. The second-order valence-corrected chi connectivity index (χ2v) is 6.81. The van der Waals surface area contributed by atoms with Gasteiger partial charge in [-0.05, 0) is 45.8 Å². The van der Waals surface area contributed by atoms with Crippen molar-refractivity contribution >= 4 is 5.91 Å². The smallest absolute Gasteiger partial charge is 0.272 e. The molecule has 0 atom stereocenters. The van der Waals surface area contributed by atoms with Gasteiger partial charge in [-0.2, -0.15) is 0 Å². The van der Waals surface area contributed by atoms with Gasteiger partial charge in [0, 0.05) is 31.2 Å². The Morgan fingerprint density at radius 1 is 1.18 bits per heavy atom. The summed E-state index contributed by atoms with van der Waals surface area (Å²) in [6, 6.07) is 2.15. The van der Waals surface area contributed by atoms with Gasteiger partial charge >= 0.3 is 0 Å². The third kappa shape index (κ3) is 3.64. The molecular weight excluding hydrogens is 276 g/mol. The van der Waals surface area contributed by atoms with Crippen molar-refractivity contribution in [2.24, 2.45) is 0 Å². The van der Waals surface area contributed by atoms with Gasteiger partial charge in [-0.25, -0.2) is 9.97 Å². The first kappa shape index (κ1) is 15.4. The molecule has 0 unspecified atom stereocenters. The van der Waals surface area contributed by atoms with Crippen LogP contribution in [0, 0.1) is 0 Å². The lowest BCUT2D eigenvalue weighted by Crippen LogP contribution is -2.43. The van der Waals surface area contributed by atoms with Gasteiger partial charge in [0.25, 0.3) is 5.91 Å². The molecule has 0 radical (unpaired) electrons. The summed E-state index contributed by atoms with van der Waals surface area (Å²) in [6.45, 7) is 1.67. The van der Waals surface area contributed by atoms with Gasteiger partial charge in [0.15, 0.2) is 0 Å². The minimum atomic E-state index is 0.0815. The molecule has 1 heterocycles. The van der Waals surface area contributed by atoms with Gasteiger partial charge in [-0.15, -0.1) is 0 Å². The highest BCUT2D eigenvalue weighted by Gasteiger charge is 2.30. The van der Waals surface area contributed by atoms with Crippen LogP contribution in [0.3, 0.4) is 0 Å². The maximum absolute atomic E-state index is 13.0. The van der Waals surface area contributed by atoms with Crippen molar-refractivity contribution in [1.82, 2.24) is 19.8 Å². The third-order valence-electron chi connectivity index (χ3n) is 4.65. The fourth-order valence-corrected chi connectivity index (χ4v) is 3.15. The van der Waals surface area contributed by atoms with E-state index in [0.29, 0.717) is 17.7 Å². The van der Waals surface area contributed by atoms with E-state index in [0.717, 1.165) is 44.6 Å². The number of likely N-dealkylation sites (N-methyl/N-ethyl adjacent to an activating group) is 1. The molecule has 2 aliphatic carbocycles. The highest BCUT2D eigenvalue weighted by molar-refractivity contribution is 5.92. The molecule has 2 saturated carbocycles. The Morgan fingerprint density at radius 2 is 1.91 bits per heavy atom. The summed E-state index contributed by atoms with van der Waals surface area (Å²) >= 11 is 0. The van der Waals surface area contributed by atoms with E-state index < -0.39 is 0 Å². The predicted octanol–water partition coefficient (Wildman–Crippen LogP) is 2.30. The molecule has 0 aromatic carbocycles. The minimum Gasteiger partial charge on any atom is -0.333 e. The lowest BCUT2D eigenvalue weighted by molar-refractivity contribution is 0.0661. The molecule has 0 saturated heterocycles. The van der Waals surface area contributed by atoms with E-state index in [-0.39, 0.29) is 5.91 Å². The van der Waals surface area contributed by atoms with Crippen LogP contribution in [0.2, 0.25) is 0 Å². The zero-order valence-electron chi connectivity index (χ0n) is 13.7. The molecule has 1 aromatic heterocycles. The Kier molecular flexibility index (Phi) is 4.71. The van der Waals surface area contributed by atoms with E-state index in [1.165, 1.54) is 12.8 Å². The zero-order chi connectivity index (χ0) is 15.5. The van der Waals surface area contributed by atoms with Gasteiger partial charge < -0.3 is 9.80 Å². The molecule has 120 valence electrons. The summed E-state index contributed by atoms with van der Waals surface area (Å²) in [7, 11) is 4.10. The van der Waals surface area contributed by atoms with Crippen LogP contribution < -0.4 is 0 Å². The van der Waals surface area contributed by atoms with E-state index in [4.69, 9.17) is 0 Å². The van der Waals surface area contributed by atoms with Crippen LogP contribution in [0.5, 0.6) is 0 Å². The van der Waals surface area contributed by atoms with Crippen molar-refractivity contribution < 1.29 is 4.79 Å². The van der Waals surface area contributed by atoms with Crippen LogP contribution in [-0.2, 0) is 0 Å². The molecule has 5 nitrogen and oxygen atoms in total. The number of hydrogen-bond acceptors (Lipinski definition) is 4. The predicted molar refractivity (Wildman–Crippen MR) is 85.9 cm³/mol. The molecular formula is C17H26N4O. The highest BCUT2D eigenvalue weighted by atomic mass is 16.2. The Bertz CT molecular complexity index is 521. The SMILES string of the molecule is CN(C)CCN(C(=O)c1ccnc(C2CC2)n1)C1CCCC1. The Balaban J connectivity index is 1.76.